The maximum Gasteiger partial charge on any atom is 0.239 e. The predicted octanol–water partition coefficient (Wildman–Crippen LogP) is 4.02. The highest BCUT2D eigenvalue weighted by Crippen LogP contribution is 2.43. The summed E-state index contributed by atoms with van der Waals surface area (Å²) in [5.41, 5.74) is 3.99. The lowest BCUT2D eigenvalue weighted by atomic mass is 9.84. The maximum absolute atomic E-state index is 13.2. The molecule has 2 aromatic rings. The van der Waals surface area contributed by atoms with Gasteiger partial charge >= 0.3 is 0 Å². The third kappa shape index (κ3) is 4.86. The Morgan fingerprint density at radius 3 is 2.64 bits per heavy atom. The van der Waals surface area contributed by atoms with Crippen molar-refractivity contribution in [2.24, 2.45) is 0 Å². The SMILES string of the molecule is CN(CCCN1CCC2(CC1)OCc1ccccc12)C(=O)[C@H]1CCCN1Cc1ccccc1. The Balaban J connectivity index is 1.07. The number of hydrogen-bond donors (Lipinski definition) is 0. The van der Waals surface area contributed by atoms with E-state index in [2.05, 4.69) is 58.3 Å². The number of likely N-dealkylation sites (tertiary alicyclic amines) is 2. The first-order valence-electron chi connectivity index (χ1n) is 12.6. The predicted molar refractivity (Wildman–Crippen MR) is 131 cm³/mol. The van der Waals surface area contributed by atoms with E-state index in [1.54, 1.807) is 0 Å². The van der Waals surface area contributed by atoms with Crippen LogP contribution in [0.2, 0.25) is 0 Å². The molecule has 33 heavy (non-hydrogen) atoms. The van der Waals surface area contributed by atoms with Gasteiger partial charge in [0.2, 0.25) is 5.91 Å². The molecule has 1 spiro atoms. The first-order valence-corrected chi connectivity index (χ1v) is 12.6. The van der Waals surface area contributed by atoms with Gasteiger partial charge in [0.25, 0.3) is 0 Å². The van der Waals surface area contributed by atoms with Crippen LogP contribution in [0.5, 0.6) is 0 Å². The summed E-state index contributed by atoms with van der Waals surface area (Å²) in [4.78, 5) is 20.0. The molecule has 3 aliphatic rings. The lowest BCUT2D eigenvalue weighted by molar-refractivity contribution is -0.135. The van der Waals surface area contributed by atoms with Crippen LogP contribution in [-0.2, 0) is 28.3 Å². The molecule has 3 heterocycles. The molecular weight excluding hydrogens is 410 g/mol. The van der Waals surface area contributed by atoms with E-state index in [4.69, 9.17) is 4.74 Å². The monoisotopic (exact) mass is 447 g/mol. The van der Waals surface area contributed by atoms with E-state index >= 15 is 0 Å². The number of hydrogen-bond acceptors (Lipinski definition) is 4. The van der Waals surface area contributed by atoms with Crippen LogP contribution >= 0.6 is 0 Å². The Morgan fingerprint density at radius 2 is 1.82 bits per heavy atom. The Bertz CT molecular complexity index is 939. The third-order valence-corrected chi connectivity index (χ3v) is 7.90. The summed E-state index contributed by atoms with van der Waals surface area (Å²) in [6, 6.07) is 19.2. The highest BCUT2D eigenvalue weighted by molar-refractivity contribution is 5.82. The molecule has 0 saturated carbocycles. The Kier molecular flexibility index (Phi) is 6.81. The molecule has 5 rings (SSSR count). The fourth-order valence-electron chi connectivity index (χ4n) is 5.94. The van der Waals surface area contributed by atoms with Gasteiger partial charge in [0.1, 0.15) is 0 Å². The Hall–Kier alpha value is -2.21. The summed E-state index contributed by atoms with van der Waals surface area (Å²) in [5.74, 6) is 0.289. The van der Waals surface area contributed by atoms with Crippen molar-refractivity contribution < 1.29 is 9.53 Å². The van der Waals surface area contributed by atoms with E-state index in [0.29, 0.717) is 0 Å². The number of ether oxygens (including phenoxy) is 1. The molecule has 5 nitrogen and oxygen atoms in total. The van der Waals surface area contributed by atoms with Crippen LogP contribution in [0.4, 0.5) is 0 Å². The third-order valence-electron chi connectivity index (χ3n) is 7.90. The number of piperidine rings is 1. The summed E-state index contributed by atoms with van der Waals surface area (Å²) in [6.07, 6.45) is 5.24. The number of rotatable bonds is 7. The van der Waals surface area contributed by atoms with Gasteiger partial charge in [0.15, 0.2) is 0 Å². The minimum atomic E-state index is -0.0649. The van der Waals surface area contributed by atoms with Crippen LogP contribution < -0.4 is 0 Å². The van der Waals surface area contributed by atoms with Crippen LogP contribution in [0, 0.1) is 0 Å². The van der Waals surface area contributed by atoms with E-state index in [-0.39, 0.29) is 17.6 Å². The molecular formula is C28H37N3O2. The fourth-order valence-corrected chi connectivity index (χ4v) is 5.94. The van der Waals surface area contributed by atoms with Crippen molar-refractivity contribution in [2.45, 2.75) is 56.9 Å². The van der Waals surface area contributed by atoms with Crippen LogP contribution in [0.3, 0.4) is 0 Å². The molecule has 2 aromatic carbocycles. The minimum Gasteiger partial charge on any atom is -0.365 e. The van der Waals surface area contributed by atoms with Gasteiger partial charge in [-0.05, 0) is 61.9 Å². The molecule has 1 atom stereocenters. The van der Waals surface area contributed by atoms with Crippen molar-refractivity contribution in [3.8, 4) is 0 Å². The first-order chi connectivity index (χ1) is 16.1. The maximum atomic E-state index is 13.2. The van der Waals surface area contributed by atoms with Crippen molar-refractivity contribution in [2.75, 3.05) is 39.8 Å². The topological polar surface area (TPSA) is 36.0 Å². The van der Waals surface area contributed by atoms with Crippen LogP contribution in [0.15, 0.2) is 54.6 Å². The Labute approximate surface area is 198 Å². The summed E-state index contributed by atoms with van der Waals surface area (Å²) in [7, 11) is 1.98. The molecule has 0 radical (unpaired) electrons. The fraction of sp³-hybridized carbons (Fsp3) is 0.536. The second kappa shape index (κ2) is 9.96. The zero-order chi connectivity index (χ0) is 22.7. The molecule has 2 fully saturated rings. The largest absolute Gasteiger partial charge is 0.365 e. The van der Waals surface area contributed by atoms with Gasteiger partial charge in [0, 0.05) is 33.2 Å². The molecule has 3 aliphatic heterocycles. The molecule has 0 aliphatic carbocycles. The normalized spacial score (nSPS) is 22.5. The molecule has 176 valence electrons. The molecule has 1 amide bonds. The number of benzene rings is 2. The number of amides is 1. The van der Waals surface area contributed by atoms with Crippen LogP contribution in [0.25, 0.3) is 0 Å². The lowest BCUT2D eigenvalue weighted by Crippen LogP contribution is -2.45. The van der Waals surface area contributed by atoms with E-state index in [1.165, 1.54) is 16.7 Å². The molecule has 0 N–H and O–H groups in total. The smallest absolute Gasteiger partial charge is 0.239 e. The van der Waals surface area contributed by atoms with Gasteiger partial charge in [-0.2, -0.15) is 0 Å². The molecule has 5 heteroatoms. The molecule has 0 bridgehead atoms. The number of fused-ring (bicyclic) bond motifs is 2. The van der Waals surface area contributed by atoms with Gasteiger partial charge in [-0.1, -0.05) is 54.6 Å². The quantitative estimate of drug-likeness (QED) is 0.642. The van der Waals surface area contributed by atoms with Crippen molar-refractivity contribution in [3.05, 3.63) is 71.3 Å². The van der Waals surface area contributed by atoms with E-state index in [9.17, 15) is 4.79 Å². The average Bonchev–Trinajstić information content (AvgIpc) is 3.46. The summed E-state index contributed by atoms with van der Waals surface area (Å²) in [6.45, 7) is 6.65. The van der Waals surface area contributed by atoms with Crippen LogP contribution in [-0.4, -0.2) is 66.4 Å². The number of carbonyl (C=O) groups excluding carboxylic acids is 1. The van der Waals surface area contributed by atoms with Gasteiger partial charge in [-0.3, -0.25) is 9.69 Å². The molecule has 2 saturated heterocycles. The van der Waals surface area contributed by atoms with E-state index in [1.807, 2.05) is 18.0 Å². The minimum absolute atomic E-state index is 0.0321. The number of likely N-dealkylation sites (N-methyl/N-ethyl adjacent to an activating group) is 1. The summed E-state index contributed by atoms with van der Waals surface area (Å²) >= 11 is 0. The van der Waals surface area contributed by atoms with Crippen molar-refractivity contribution >= 4 is 5.91 Å². The molecule has 0 unspecified atom stereocenters. The van der Waals surface area contributed by atoms with Gasteiger partial charge in [-0.15, -0.1) is 0 Å². The Morgan fingerprint density at radius 1 is 1.06 bits per heavy atom. The van der Waals surface area contributed by atoms with Crippen LogP contribution in [0.1, 0.15) is 48.8 Å². The average molecular weight is 448 g/mol. The van der Waals surface area contributed by atoms with Gasteiger partial charge in [0.05, 0.1) is 18.2 Å². The highest BCUT2D eigenvalue weighted by Gasteiger charge is 2.42. The van der Waals surface area contributed by atoms with Gasteiger partial charge in [-0.25, -0.2) is 0 Å². The first kappa shape index (κ1) is 22.6. The number of nitrogens with zero attached hydrogens (tertiary/aromatic N) is 3. The zero-order valence-corrected chi connectivity index (χ0v) is 19.9. The summed E-state index contributed by atoms with van der Waals surface area (Å²) in [5, 5.41) is 0. The second-order valence-electron chi connectivity index (χ2n) is 10.0. The van der Waals surface area contributed by atoms with E-state index < -0.39 is 0 Å². The highest BCUT2D eigenvalue weighted by atomic mass is 16.5. The molecule has 0 aromatic heterocycles. The second-order valence-corrected chi connectivity index (χ2v) is 10.0. The van der Waals surface area contributed by atoms with Crippen molar-refractivity contribution in [1.29, 1.82) is 0 Å². The standard InChI is InChI=1S/C28H37N3O2/c1-29(27(32)26-13-7-18-31(26)21-23-9-3-2-4-10-23)16-8-17-30-19-14-28(15-20-30)25-12-6-5-11-24(25)22-33-28/h2-6,9-12,26H,7-8,13-22H2,1H3/t26-/m1/s1. The lowest BCUT2D eigenvalue weighted by Gasteiger charge is -2.39. The summed E-state index contributed by atoms with van der Waals surface area (Å²) < 4.78 is 6.30. The van der Waals surface area contributed by atoms with Crippen molar-refractivity contribution in [1.82, 2.24) is 14.7 Å². The number of carbonyl (C=O) groups is 1. The zero-order valence-electron chi connectivity index (χ0n) is 19.9. The van der Waals surface area contributed by atoms with E-state index in [0.717, 1.165) is 78.0 Å². The van der Waals surface area contributed by atoms with Crippen molar-refractivity contribution in [3.63, 3.8) is 0 Å². The van der Waals surface area contributed by atoms with Gasteiger partial charge < -0.3 is 14.5 Å².